The predicted octanol–water partition coefficient (Wildman–Crippen LogP) is 3.22. The molecule has 1 aromatic rings. The van der Waals surface area contributed by atoms with E-state index >= 15 is 0 Å². The van der Waals surface area contributed by atoms with Crippen molar-refractivity contribution in [1.82, 2.24) is 10.6 Å². The molecule has 0 aromatic heterocycles. The van der Waals surface area contributed by atoms with Gasteiger partial charge in [0, 0.05) is 18.6 Å². The number of rotatable bonds is 7. The van der Waals surface area contributed by atoms with Crippen LogP contribution < -0.4 is 10.6 Å². The van der Waals surface area contributed by atoms with Crippen molar-refractivity contribution >= 4 is 6.09 Å². The van der Waals surface area contributed by atoms with Crippen LogP contribution in [-0.4, -0.2) is 24.7 Å². The number of benzene rings is 1. The summed E-state index contributed by atoms with van der Waals surface area (Å²) in [6.45, 7) is 3.75. The smallest absolute Gasteiger partial charge is 0.407 e. The highest BCUT2D eigenvalue weighted by molar-refractivity contribution is 5.67. The van der Waals surface area contributed by atoms with Crippen molar-refractivity contribution in [2.24, 2.45) is 5.41 Å². The molecule has 1 amide bonds. The molecule has 2 N–H and O–H groups in total. The lowest BCUT2D eigenvalue weighted by Gasteiger charge is -2.37. The second kappa shape index (κ2) is 6.69. The standard InChI is InChI=1S/C18H26N2O2/c1-2-18(8-9-18)13-19-15-10-16(11-15)20-17(21)22-12-14-6-4-3-5-7-14/h3-7,15-16,19H,2,8-13H2,1H3,(H,20,21). The van der Waals surface area contributed by atoms with E-state index in [0.29, 0.717) is 18.1 Å². The van der Waals surface area contributed by atoms with Gasteiger partial charge in [-0.3, -0.25) is 0 Å². The van der Waals surface area contributed by atoms with Gasteiger partial charge in [-0.1, -0.05) is 37.3 Å². The topological polar surface area (TPSA) is 50.4 Å². The van der Waals surface area contributed by atoms with E-state index < -0.39 is 0 Å². The molecule has 2 aliphatic carbocycles. The van der Waals surface area contributed by atoms with Crippen molar-refractivity contribution in [1.29, 1.82) is 0 Å². The number of carbonyl (C=O) groups excluding carboxylic acids is 1. The lowest BCUT2D eigenvalue weighted by atomic mass is 9.86. The van der Waals surface area contributed by atoms with Crippen molar-refractivity contribution < 1.29 is 9.53 Å². The Morgan fingerprint density at radius 1 is 1.23 bits per heavy atom. The van der Waals surface area contributed by atoms with E-state index in [-0.39, 0.29) is 12.1 Å². The molecule has 0 atom stereocenters. The minimum atomic E-state index is -0.306. The zero-order valence-electron chi connectivity index (χ0n) is 13.3. The maximum Gasteiger partial charge on any atom is 0.407 e. The summed E-state index contributed by atoms with van der Waals surface area (Å²) in [5.74, 6) is 0. The second-order valence-electron chi connectivity index (χ2n) is 6.81. The van der Waals surface area contributed by atoms with Gasteiger partial charge in [0.2, 0.25) is 0 Å². The average Bonchev–Trinajstić information content (AvgIpc) is 3.29. The fourth-order valence-corrected chi connectivity index (χ4v) is 3.03. The Balaban J connectivity index is 1.28. The molecule has 2 saturated carbocycles. The summed E-state index contributed by atoms with van der Waals surface area (Å²) >= 11 is 0. The second-order valence-corrected chi connectivity index (χ2v) is 6.81. The van der Waals surface area contributed by atoms with Crippen LogP contribution in [-0.2, 0) is 11.3 Å². The molecule has 120 valence electrons. The number of amides is 1. The molecule has 4 nitrogen and oxygen atoms in total. The highest BCUT2D eigenvalue weighted by Crippen LogP contribution is 2.48. The number of nitrogens with one attached hydrogen (secondary N) is 2. The van der Waals surface area contributed by atoms with Gasteiger partial charge < -0.3 is 15.4 Å². The Bertz CT molecular complexity index is 493. The van der Waals surface area contributed by atoms with Gasteiger partial charge in [-0.25, -0.2) is 4.79 Å². The largest absolute Gasteiger partial charge is 0.445 e. The van der Waals surface area contributed by atoms with Gasteiger partial charge in [0.25, 0.3) is 0 Å². The van der Waals surface area contributed by atoms with Gasteiger partial charge in [0.05, 0.1) is 0 Å². The van der Waals surface area contributed by atoms with E-state index in [1.807, 2.05) is 30.3 Å². The van der Waals surface area contributed by atoms with Crippen molar-refractivity contribution in [3.8, 4) is 0 Å². The zero-order chi connectivity index (χ0) is 15.4. The van der Waals surface area contributed by atoms with Crippen molar-refractivity contribution in [2.45, 2.75) is 57.7 Å². The van der Waals surface area contributed by atoms with E-state index in [2.05, 4.69) is 17.6 Å². The normalized spacial score (nSPS) is 25.1. The van der Waals surface area contributed by atoms with Crippen LogP contribution in [0.4, 0.5) is 4.79 Å². The summed E-state index contributed by atoms with van der Waals surface area (Å²) in [7, 11) is 0. The Morgan fingerprint density at radius 2 is 1.95 bits per heavy atom. The molecule has 0 heterocycles. The Hall–Kier alpha value is -1.55. The summed E-state index contributed by atoms with van der Waals surface area (Å²) in [6.07, 6.45) is 5.74. The molecule has 2 aliphatic rings. The van der Waals surface area contributed by atoms with E-state index in [0.717, 1.165) is 24.9 Å². The number of hydrogen-bond donors (Lipinski definition) is 2. The first-order chi connectivity index (χ1) is 10.7. The molecule has 0 spiro atoms. The number of ether oxygens (including phenoxy) is 1. The maximum atomic E-state index is 11.7. The quantitative estimate of drug-likeness (QED) is 0.813. The van der Waals surface area contributed by atoms with Crippen molar-refractivity contribution in [3.63, 3.8) is 0 Å². The summed E-state index contributed by atoms with van der Waals surface area (Å²) in [5, 5.41) is 6.58. The van der Waals surface area contributed by atoms with Crippen LogP contribution in [0.1, 0.15) is 44.6 Å². The van der Waals surface area contributed by atoms with Crippen LogP contribution in [0.5, 0.6) is 0 Å². The number of hydrogen-bond acceptors (Lipinski definition) is 3. The Morgan fingerprint density at radius 3 is 2.59 bits per heavy atom. The summed E-state index contributed by atoms with van der Waals surface area (Å²) in [5.41, 5.74) is 1.60. The molecular weight excluding hydrogens is 276 g/mol. The summed E-state index contributed by atoms with van der Waals surface area (Å²) in [6, 6.07) is 10.6. The molecule has 3 rings (SSSR count). The lowest BCUT2D eigenvalue weighted by molar-refractivity contribution is 0.125. The molecule has 1 aromatic carbocycles. The van der Waals surface area contributed by atoms with Gasteiger partial charge in [0.15, 0.2) is 0 Å². The SMILES string of the molecule is CCC1(CNC2CC(NC(=O)OCc3ccccc3)C2)CC1. The average molecular weight is 302 g/mol. The molecule has 0 aliphatic heterocycles. The third kappa shape index (κ3) is 4.01. The van der Waals surface area contributed by atoms with E-state index in [4.69, 9.17) is 4.74 Å². The van der Waals surface area contributed by atoms with Crippen LogP contribution in [0.25, 0.3) is 0 Å². The van der Waals surface area contributed by atoms with E-state index in [9.17, 15) is 4.79 Å². The van der Waals surface area contributed by atoms with Crippen molar-refractivity contribution in [2.75, 3.05) is 6.54 Å². The van der Waals surface area contributed by atoms with E-state index in [1.165, 1.54) is 19.3 Å². The van der Waals surface area contributed by atoms with Gasteiger partial charge in [0.1, 0.15) is 6.61 Å². The van der Waals surface area contributed by atoms with Crippen molar-refractivity contribution in [3.05, 3.63) is 35.9 Å². The van der Waals surface area contributed by atoms with Gasteiger partial charge >= 0.3 is 6.09 Å². The molecule has 2 fully saturated rings. The summed E-state index contributed by atoms with van der Waals surface area (Å²) in [4.78, 5) is 11.7. The molecule has 0 bridgehead atoms. The fourth-order valence-electron chi connectivity index (χ4n) is 3.03. The summed E-state index contributed by atoms with van der Waals surface area (Å²) < 4.78 is 5.24. The third-order valence-electron chi connectivity index (χ3n) is 5.15. The molecule has 0 unspecified atom stereocenters. The lowest BCUT2D eigenvalue weighted by Crippen LogP contribution is -2.53. The van der Waals surface area contributed by atoms with Crippen LogP contribution in [0.15, 0.2) is 30.3 Å². The highest BCUT2D eigenvalue weighted by Gasteiger charge is 2.41. The predicted molar refractivity (Wildman–Crippen MR) is 86.5 cm³/mol. The van der Waals surface area contributed by atoms with Gasteiger partial charge in [-0.15, -0.1) is 0 Å². The minimum absolute atomic E-state index is 0.262. The first-order valence-electron chi connectivity index (χ1n) is 8.40. The van der Waals surface area contributed by atoms with Gasteiger partial charge in [-0.2, -0.15) is 0 Å². The van der Waals surface area contributed by atoms with Crippen LogP contribution >= 0.6 is 0 Å². The fraction of sp³-hybridized carbons (Fsp3) is 0.611. The van der Waals surface area contributed by atoms with Gasteiger partial charge in [-0.05, 0) is 43.1 Å². The minimum Gasteiger partial charge on any atom is -0.445 e. The Labute approximate surface area is 132 Å². The third-order valence-corrected chi connectivity index (χ3v) is 5.15. The molecular formula is C18H26N2O2. The number of carbonyl (C=O) groups is 1. The monoisotopic (exact) mass is 302 g/mol. The molecule has 0 radical (unpaired) electrons. The van der Waals surface area contributed by atoms with Crippen LogP contribution in [0, 0.1) is 5.41 Å². The van der Waals surface area contributed by atoms with E-state index in [1.54, 1.807) is 0 Å². The number of alkyl carbamates (subject to hydrolysis) is 1. The Kier molecular flexibility index (Phi) is 4.67. The highest BCUT2D eigenvalue weighted by atomic mass is 16.5. The first kappa shape index (κ1) is 15.3. The zero-order valence-corrected chi connectivity index (χ0v) is 13.3. The molecule has 22 heavy (non-hydrogen) atoms. The van der Waals surface area contributed by atoms with Crippen LogP contribution in [0.3, 0.4) is 0 Å². The molecule has 4 heteroatoms. The maximum absolute atomic E-state index is 11.7. The first-order valence-corrected chi connectivity index (χ1v) is 8.40. The molecule has 0 saturated heterocycles. The van der Waals surface area contributed by atoms with Crippen LogP contribution in [0.2, 0.25) is 0 Å².